The molecular weight excluding hydrogens is 353 g/mol. The molecule has 8 heteroatoms. The summed E-state index contributed by atoms with van der Waals surface area (Å²) in [5.74, 6) is -1.80. The van der Waals surface area contributed by atoms with Crippen LogP contribution < -0.4 is 15.6 Å². The molecule has 1 saturated carbocycles. The normalized spacial score (nSPS) is 25.0. The van der Waals surface area contributed by atoms with Gasteiger partial charge in [0, 0.05) is 37.3 Å². The Morgan fingerprint density at radius 3 is 2.81 bits per heavy atom. The summed E-state index contributed by atoms with van der Waals surface area (Å²) < 4.78 is 22.5. The monoisotopic (exact) mass is 373 g/mol. The maximum absolute atomic E-state index is 14.9. The van der Waals surface area contributed by atoms with Crippen molar-refractivity contribution in [3.63, 3.8) is 0 Å². The minimum atomic E-state index is -1.28. The first-order chi connectivity index (χ1) is 13.0. The van der Waals surface area contributed by atoms with Crippen molar-refractivity contribution >= 4 is 22.6 Å². The van der Waals surface area contributed by atoms with Crippen LogP contribution in [0.1, 0.15) is 29.2 Å². The van der Waals surface area contributed by atoms with Crippen LogP contribution in [0.25, 0.3) is 10.9 Å². The molecule has 5 rings (SSSR count). The molecule has 0 spiro atoms. The third-order valence-electron chi connectivity index (χ3n) is 5.72. The van der Waals surface area contributed by atoms with Gasteiger partial charge in [0.2, 0.25) is 5.43 Å². The number of fused-ring (bicyclic) bond motifs is 2. The third-order valence-corrected chi connectivity index (χ3v) is 5.72. The van der Waals surface area contributed by atoms with Crippen LogP contribution in [0.4, 0.5) is 10.1 Å². The first-order valence-electron chi connectivity index (χ1n) is 9.24. The number of aromatic carboxylic acids is 1. The van der Waals surface area contributed by atoms with Crippen molar-refractivity contribution in [2.45, 2.75) is 31.0 Å². The Bertz CT molecular complexity index is 987. The van der Waals surface area contributed by atoms with Gasteiger partial charge in [-0.1, -0.05) is 0 Å². The Balaban J connectivity index is 1.64. The van der Waals surface area contributed by atoms with Crippen molar-refractivity contribution in [1.29, 1.82) is 0 Å². The fraction of sp³-hybridized carbons (Fsp3) is 0.474. The fourth-order valence-electron chi connectivity index (χ4n) is 4.20. The van der Waals surface area contributed by atoms with Crippen LogP contribution in [0.3, 0.4) is 0 Å². The van der Waals surface area contributed by atoms with Gasteiger partial charge in [0.15, 0.2) is 0 Å². The number of pyridine rings is 1. The molecule has 2 saturated heterocycles. The number of rotatable bonds is 3. The average Bonchev–Trinajstić information content (AvgIpc) is 3.39. The van der Waals surface area contributed by atoms with Crippen LogP contribution in [-0.2, 0) is 4.74 Å². The van der Waals surface area contributed by atoms with E-state index in [1.807, 2.05) is 9.47 Å². The predicted octanol–water partition coefficient (Wildman–Crippen LogP) is 1.35. The quantitative estimate of drug-likeness (QED) is 0.845. The number of morpholine rings is 1. The van der Waals surface area contributed by atoms with E-state index >= 15 is 0 Å². The van der Waals surface area contributed by atoms with Gasteiger partial charge in [-0.3, -0.25) is 4.79 Å². The van der Waals surface area contributed by atoms with E-state index in [0.29, 0.717) is 30.9 Å². The highest BCUT2D eigenvalue weighted by Gasteiger charge is 2.37. The van der Waals surface area contributed by atoms with Crippen LogP contribution in [-0.4, -0.2) is 54.0 Å². The second-order valence-corrected chi connectivity index (χ2v) is 7.51. The van der Waals surface area contributed by atoms with E-state index in [0.717, 1.165) is 19.4 Å². The summed E-state index contributed by atoms with van der Waals surface area (Å²) in [6, 6.07) is 3.20. The number of benzene rings is 1. The number of nitrogens with one attached hydrogen (secondary N) is 1. The van der Waals surface area contributed by atoms with Gasteiger partial charge in [-0.05, 0) is 25.0 Å². The van der Waals surface area contributed by atoms with E-state index in [1.165, 1.54) is 12.3 Å². The SMILES string of the molecule is O=C(O)c1cn(C2CC2)c2cc(N3C[C@@H]4OCCN[C@@H]4C3)c(F)cc2c1=O. The summed E-state index contributed by atoms with van der Waals surface area (Å²) >= 11 is 0. The number of carboxylic acids is 1. The summed E-state index contributed by atoms with van der Waals surface area (Å²) in [4.78, 5) is 25.9. The van der Waals surface area contributed by atoms with Gasteiger partial charge in [-0.2, -0.15) is 0 Å². The second-order valence-electron chi connectivity index (χ2n) is 7.51. The predicted molar refractivity (Wildman–Crippen MR) is 97.1 cm³/mol. The highest BCUT2D eigenvalue weighted by atomic mass is 19.1. The molecule has 27 heavy (non-hydrogen) atoms. The van der Waals surface area contributed by atoms with Crippen molar-refractivity contribution in [1.82, 2.24) is 9.88 Å². The van der Waals surface area contributed by atoms with E-state index in [-0.39, 0.29) is 29.1 Å². The maximum Gasteiger partial charge on any atom is 0.341 e. The van der Waals surface area contributed by atoms with Gasteiger partial charge < -0.3 is 24.6 Å². The van der Waals surface area contributed by atoms with Gasteiger partial charge in [0.1, 0.15) is 11.4 Å². The molecule has 2 aromatic rings. The molecule has 0 unspecified atom stereocenters. The number of carbonyl (C=O) groups is 1. The minimum absolute atomic E-state index is 0.0221. The van der Waals surface area contributed by atoms with E-state index in [4.69, 9.17) is 4.74 Å². The molecule has 3 aliphatic rings. The Morgan fingerprint density at radius 2 is 2.11 bits per heavy atom. The number of hydrogen-bond donors (Lipinski definition) is 2. The number of aromatic nitrogens is 1. The second kappa shape index (κ2) is 6.03. The molecule has 0 amide bonds. The molecule has 0 bridgehead atoms. The highest BCUT2D eigenvalue weighted by molar-refractivity contribution is 5.93. The zero-order chi connectivity index (χ0) is 18.7. The molecule has 142 valence electrons. The lowest BCUT2D eigenvalue weighted by Crippen LogP contribution is -2.47. The molecule has 1 aliphatic carbocycles. The van der Waals surface area contributed by atoms with Crippen molar-refractivity contribution in [3.05, 3.63) is 39.9 Å². The summed E-state index contributed by atoms with van der Waals surface area (Å²) in [7, 11) is 0. The van der Waals surface area contributed by atoms with Crippen LogP contribution in [0, 0.1) is 5.82 Å². The highest BCUT2D eigenvalue weighted by Crippen LogP contribution is 2.38. The van der Waals surface area contributed by atoms with E-state index in [2.05, 4.69) is 5.32 Å². The lowest BCUT2D eigenvalue weighted by atomic mass is 10.1. The molecular formula is C19H20FN3O4. The number of ether oxygens (including phenoxy) is 1. The fourth-order valence-corrected chi connectivity index (χ4v) is 4.20. The van der Waals surface area contributed by atoms with Crippen molar-refractivity contribution in [2.24, 2.45) is 0 Å². The molecule has 1 aromatic carbocycles. The number of halogens is 1. The average molecular weight is 373 g/mol. The molecule has 2 N–H and O–H groups in total. The molecule has 0 radical (unpaired) electrons. The first kappa shape index (κ1) is 16.7. The van der Waals surface area contributed by atoms with E-state index in [1.54, 1.807) is 6.07 Å². The Hall–Kier alpha value is -2.45. The van der Waals surface area contributed by atoms with Crippen LogP contribution in [0.2, 0.25) is 0 Å². The van der Waals surface area contributed by atoms with Crippen LogP contribution >= 0.6 is 0 Å². The number of hydrogen-bond acceptors (Lipinski definition) is 5. The summed E-state index contributed by atoms with van der Waals surface area (Å²) in [5, 5.41) is 12.8. The first-order valence-corrected chi connectivity index (χ1v) is 9.24. The molecule has 1 aromatic heterocycles. The molecule has 7 nitrogen and oxygen atoms in total. The Labute approximate surface area is 154 Å². The zero-order valence-electron chi connectivity index (χ0n) is 14.7. The standard InChI is InChI=1S/C19H20FN3O4/c20-13-5-11-15(23(10-1-2-10)7-12(18(11)24)19(25)26)6-16(13)22-8-14-17(9-22)27-4-3-21-14/h5-7,10,14,17,21H,1-4,8-9H2,(H,25,26)/t14-,17+/m1/s1. The van der Waals surface area contributed by atoms with Crippen molar-refractivity contribution in [3.8, 4) is 0 Å². The topological polar surface area (TPSA) is 83.8 Å². The summed E-state index contributed by atoms with van der Waals surface area (Å²) in [6.45, 7) is 2.65. The molecule has 3 heterocycles. The maximum atomic E-state index is 14.9. The van der Waals surface area contributed by atoms with Gasteiger partial charge >= 0.3 is 5.97 Å². The van der Waals surface area contributed by atoms with Gasteiger partial charge in [0.05, 0.1) is 30.0 Å². The summed E-state index contributed by atoms with van der Waals surface area (Å²) in [6.07, 6.45) is 3.28. The lowest BCUT2D eigenvalue weighted by Gasteiger charge is -2.25. The zero-order valence-corrected chi connectivity index (χ0v) is 14.7. The van der Waals surface area contributed by atoms with Gasteiger partial charge in [-0.25, -0.2) is 9.18 Å². The van der Waals surface area contributed by atoms with E-state index < -0.39 is 17.2 Å². The minimum Gasteiger partial charge on any atom is -0.477 e. The number of carboxylic acid groups (broad SMARTS) is 1. The van der Waals surface area contributed by atoms with Crippen molar-refractivity contribution < 1.29 is 19.0 Å². The van der Waals surface area contributed by atoms with Crippen molar-refractivity contribution in [2.75, 3.05) is 31.1 Å². The number of anilines is 1. The number of nitrogens with zero attached hydrogens (tertiary/aromatic N) is 2. The van der Waals surface area contributed by atoms with Gasteiger partial charge in [-0.15, -0.1) is 0 Å². The smallest absolute Gasteiger partial charge is 0.341 e. The van der Waals surface area contributed by atoms with Crippen LogP contribution in [0.5, 0.6) is 0 Å². The van der Waals surface area contributed by atoms with E-state index in [9.17, 15) is 19.1 Å². The third kappa shape index (κ3) is 2.71. The largest absolute Gasteiger partial charge is 0.477 e. The lowest BCUT2D eigenvalue weighted by molar-refractivity contribution is 0.0212. The molecule has 3 fully saturated rings. The Kier molecular flexibility index (Phi) is 3.73. The van der Waals surface area contributed by atoms with Gasteiger partial charge in [0.25, 0.3) is 0 Å². The molecule has 2 aliphatic heterocycles. The van der Waals surface area contributed by atoms with Crippen LogP contribution in [0.15, 0.2) is 23.1 Å². The molecule has 2 atom stereocenters. The summed E-state index contributed by atoms with van der Waals surface area (Å²) in [5.41, 5.74) is 0.0677. The Morgan fingerprint density at radius 1 is 1.30 bits per heavy atom.